The van der Waals surface area contributed by atoms with E-state index in [1.54, 1.807) is 17.4 Å². The molecule has 0 aliphatic heterocycles. The number of para-hydroxylation sites is 1. The van der Waals surface area contributed by atoms with Gasteiger partial charge in [-0.2, -0.15) is 13.2 Å². The molecule has 0 bridgehead atoms. The SMILES string of the molecule is O=C(CSc1nnc(Nc2ccccc2F)s1)NCC(F)(F)F. The van der Waals surface area contributed by atoms with E-state index in [2.05, 4.69) is 15.5 Å². The van der Waals surface area contributed by atoms with Gasteiger partial charge in [-0.25, -0.2) is 4.39 Å². The van der Waals surface area contributed by atoms with Crippen LogP contribution in [0.15, 0.2) is 28.6 Å². The van der Waals surface area contributed by atoms with Crippen LogP contribution < -0.4 is 10.6 Å². The molecular weight excluding hydrogens is 356 g/mol. The summed E-state index contributed by atoms with van der Waals surface area (Å²) in [6.07, 6.45) is -4.44. The van der Waals surface area contributed by atoms with Gasteiger partial charge in [0.15, 0.2) is 4.34 Å². The molecule has 0 spiro atoms. The molecule has 0 aliphatic rings. The van der Waals surface area contributed by atoms with Crippen LogP contribution in [0.25, 0.3) is 0 Å². The summed E-state index contributed by atoms with van der Waals surface area (Å²) < 4.78 is 49.7. The van der Waals surface area contributed by atoms with Crippen LogP contribution in [0.5, 0.6) is 0 Å². The van der Waals surface area contributed by atoms with Crippen LogP contribution in [0.3, 0.4) is 0 Å². The number of thioether (sulfide) groups is 1. The van der Waals surface area contributed by atoms with Crippen molar-refractivity contribution in [3.05, 3.63) is 30.1 Å². The number of anilines is 2. The van der Waals surface area contributed by atoms with Crippen LogP contribution in [0.2, 0.25) is 0 Å². The molecule has 0 atom stereocenters. The van der Waals surface area contributed by atoms with Gasteiger partial charge in [-0.15, -0.1) is 10.2 Å². The Hall–Kier alpha value is -1.88. The summed E-state index contributed by atoms with van der Waals surface area (Å²) in [6.45, 7) is -1.37. The molecular formula is C12H10F4N4OS2. The van der Waals surface area contributed by atoms with E-state index in [4.69, 9.17) is 0 Å². The number of hydrogen-bond acceptors (Lipinski definition) is 6. The van der Waals surface area contributed by atoms with E-state index in [0.717, 1.165) is 23.1 Å². The minimum atomic E-state index is -4.44. The fraction of sp³-hybridized carbons (Fsp3) is 0.250. The number of alkyl halides is 3. The van der Waals surface area contributed by atoms with Crippen LogP contribution in [-0.4, -0.2) is 34.6 Å². The maximum atomic E-state index is 13.5. The lowest BCUT2D eigenvalue weighted by Gasteiger charge is -2.07. The van der Waals surface area contributed by atoms with E-state index >= 15 is 0 Å². The Balaban J connectivity index is 1.83. The average Bonchev–Trinajstić information content (AvgIpc) is 2.92. The maximum Gasteiger partial charge on any atom is 0.405 e. The summed E-state index contributed by atoms with van der Waals surface area (Å²) in [5.74, 6) is -1.43. The Morgan fingerprint density at radius 2 is 2.00 bits per heavy atom. The monoisotopic (exact) mass is 366 g/mol. The molecule has 1 amide bonds. The van der Waals surface area contributed by atoms with Gasteiger partial charge in [0.2, 0.25) is 11.0 Å². The van der Waals surface area contributed by atoms with Crippen molar-refractivity contribution in [1.82, 2.24) is 15.5 Å². The van der Waals surface area contributed by atoms with Crippen molar-refractivity contribution in [3.8, 4) is 0 Å². The number of nitrogens with one attached hydrogen (secondary N) is 2. The standard InChI is InChI=1S/C12H10F4N4OS2/c13-7-3-1-2-4-8(7)18-10-19-20-11(23-10)22-5-9(21)17-6-12(14,15)16/h1-4H,5-6H2,(H,17,21)(H,18,19). The van der Waals surface area contributed by atoms with E-state index in [1.807, 2.05) is 0 Å². The zero-order valence-electron chi connectivity index (χ0n) is 11.4. The molecule has 2 aromatic rings. The topological polar surface area (TPSA) is 66.9 Å². The van der Waals surface area contributed by atoms with Crippen molar-refractivity contribution in [2.75, 3.05) is 17.6 Å². The smallest absolute Gasteiger partial charge is 0.346 e. The Bertz CT molecular complexity index is 677. The van der Waals surface area contributed by atoms with Gasteiger partial charge in [-0.3, -0.25) is 4.79 Å². The quantitative estimate of drug-likeness (QED) is 0.607. The first kappa shape index (κ1) is 17.5. The summed E-state index contributed by atoms with van der Waals surface area (Å²) >= 11 is 2.01. The third-order valence-corrected chi connectivity index (χ3v) is 4.31. The number of hydrogen-bond donors (Lipinski definition) is 2. The van der Waals surface area contributed by atoms with Gasteiger partial charge in [0.05, 0.1) is 11.4 Å². The third kappa shape index (κ3) is 6.02. The van der Waals surface area contributed by atoms with Crippen molar-refractivity contribution >= 4 is 39.8 Å². The molecule has 0 radical (unpaired) electrons. The minimum absolute atomic E-state index is 0.218. The molecule has 0 unspecified atom stereocenters. The van der Waals surface area contributed by atoms with Crippen molar-refractivity contribution in [1.29, 1.82) is 0 Å². The summed E-state index contributed by atoms with van der Waals surface area (Å²) in [7, 11) is 0. The number of benzene rings is 1. The molecule has 1 aromatic heterocycles. The summed E-state index contributed by atoms with van der Waals surface area (Å²) in [6, 6.07) is 5.99. The number of halogens is 4. The van der Waals surface area contributed by atoms with Crippen LogP contribution in [-0.2, 0) is 4.79 Å². The lowest BCUT2D eigenvalue weighted by molar-refractivity contribution is -0.136. The third-order valence-electron chi connectivity index (χ3n) is 2.33. The number of rotatable bonds is 6. The zero-order valence-corrected chi connectivity index (χ0v) is 13.0. The Labute approximate surface area is 136 Å². The van der Waals surface area contributed by atoms with Crippen molar-refractivity contribution in [2.24, 2.45) is 0 Å². The van der Waals surface area contributed by atoms with Crippen LogP contribution in [0.1, 0.15) is 0 Å². The van der Waals surface area contributed by atoms with Crippen molar-refractivity contribution < 1.29 is 22.4 Å². The average molecular weight is 366 g/mol. The van der Waals surface area contributed by atoms with Crippen LogP contribution in [0, 0.1) is 5.82 Å². The largest absolute Gasteiger partial charge is 0.405 e. The highest BCUT2D eigenvalue weighted by molar-refractivity contribution is 8.01. The fourth-order valence-electron chi connectivity index (χ4n) is 1.37. The van der Waals surface area contributed by atoms with Gasteiger partial charge in [-0.05, 0) is 12.1 Å². The van der Waals surface area contributed by atoms with E-state index in [-0.39, 0.29) is 11.4 Å². The summed E-state index contributed by atoms with van der Waals surface area (Å²) in [4.78, 5) is 11.3. The molecule has 5 nitrogen and oxygen atoms in total. The number of aromatic nitrogens is 2. The molecule has 11 heteroatoms. The van der Waals surface area contributed by atoms with Crippen LogP contribution in [0.4, 0.5) is 28.4 Å². The normalized spacial score (nSPS) is 11.3. The zero-order chi connectivity index (χ0) is 16.9. The second kappa shape index (κ2) is 7.59. The predicted octanol–water partition coefficient (Wildman–Crippen LogP) is 3.19. The first-order chi connectivity index (χ1) is 10.8. The first-order valence-corrected chi connectivity index (χ1v) is 7.95. The molecule has 2 rings (SSSR count). The summed E-state index contributed by atoms with van der Waals surface area (Å²) in [5.41, 5.74) is 0.225. The number of nitrogens with zero attached hydrogens (tertiary/aromatic N) is 2. The van der Waals surface area contributed by atoms with Gasteiger partial charge in [0, 0.05) is 0 Å². The second-order valence-corrected chi connectivity index (χ2v) is 6.36. The van der Waals surface area contributed by atoms with E-state index in [0.29, 0.717) is 9.47 Å². The fourth-order valence-corrected chi connectivity index (χ4v) is 2.97. The van der Waals surface area contributed by atoms with Gasteiger partial charge < -0.3 is 10.6 Å². The highest BCUT2D eigenvalue weighted by Gasteiger charge is 2.27. The predicted molar refractivity (Wildman–Crippen MR) is 79.4 cm³/mol. The molecule has 0 aliphatic carbocycles. The molecule has 0 saturated heterocycles. The summed E-state index contributed by atoms with van der Waals surface area (Å²) in [5, 5.41) is 12.3. The highest BCUT2D eigenvalue weighted by Crippen LogP contribution is 2.28. The van der Waals surface area contributed by atoms with Crippen molar-refractivity contribution in [3.63, 3.8) is 0 Å². The maximum absolute atomic E-state index is 13.5. The molecule has 1 aromatic carbocycles. The van der Waals surface area contributed by atoms with Crippen LogP contribution >= 0.6 is 23.1 Å². The number of carbonyl (C=O) groups excluding carboxylic acids is 1. The molecule has 2 N–H and O–H groups in total. The van der Waals surface area contributed by atoms with E-state index < -0.39 is 24.4 Å². The molecule has 0 fully saturated rings. The van der Waals surface area contributed by atoms with Gasteiger partial charge in [0.25, 0.3) is 0 Å². The lowest BCUT2D eigenvalue weighted by atomic mass is 10.3. The first-order valence-electron chi connectivity index (χ1n) is 6.15. The van der Waals surface area contributed by atoms with Crippen molar-refractivity contribution in [2.45, 2.75) is 10.5 Å². The molecule has 1 heterocycles. The van der Waals surface area contributed by atoms with Gasteiger partial charge in [0.1, 0.15) is 12.4 Å². The van der Waals surface area contributed by atoms with E-state index in [1.165, 1.54) is 12.1 Å². The minimum Gasteiger partial charge on any atom is -0.346 e. The molecule has 0 saturated carbocycles. The Morgan fingerprint density at radius 3 is 2.70 bits per heavy atom. The lowest BCUT2D eigenvalue weighted by Crippen LogP contribution is -2.34. The number of amides is 1. The Morgan fingerprint density at radius 1 is 1.26 bits per heavy atom. The number of carbonyl (C=O) groups is 1. The molecule has 124 valence electrons. The molecule has 23 heavy (non-hydrogen) atoms. The van der Waals surface area contributed by atoms with Gasteiger partial charge in [-0.1, -0.05) is 35.2 Å². The second-order valence-electron chi connectivity index (χ2n) is 4.16. The highest BCUT2D eigenvalue weighted by atomic mass is 32.2. The van der Waals surface area contributed by atoms with E-state index in [9.17, 15) is 22.4 Å². The Kier molecular flexibility index (Phi) is 5.77. The van der Waals surface area contributed by atoms with Gasteiger partial charge >= 0.3 is 6.18 Å².